The van der Waals surface area contributed by atoms with Crippen LogP contribution >= 0.6 is 0 Å². The van der Waals surface area contributed by atoms with Crippen molar-refractivity contribution in [2.45, 2.75) is 124 Å². The van der Waals surface area contributed by atoms with Gasteiger partial charge in [0.2, 0.25) is 5.91 Å². The van der Waals surface area contributed by atoms with Crippen molar-refractivity contribution in [1.29, 1.82) is 0 Å². The minimum Gasteiger partial charge on any atom is -0.356 e. The minimum absolute atomic E-state index is 0.241. The van der Waals surface area contributed by atoms with Gasteiger partial charge in [0.25, 0.3) is 0 Å². The number of hydrogen-bond donors (Lipinski definition) is 1. The number of nitrogens with one attached hydrogen (secondary N) is 1. The van der Waals surface area contributed by atoms with E-state index in [1.807, 2.05) is 0 Å². The van der Waals surface area contributed by atoms with E-state index in [9.17, 15) is 4.79 Å². The standard InChI is InChI=1S/C24H47NO/c1-4-7-9-10-11-12-13-14-15-16-17-19-21-25-24(26)22-23(6-3)20-18-8-5-2/h16-17,23H,4-15,18-22H2,1-3H3,(H,25,26). The quantitative estimate of drug-likeness (QED) is 0.185. The molecule has 1 atom stereocenters. The predicted molar refractivity (Wildman–Crippen MR) is 117 cm³/mol. The van der Waals surface area contributed by atoms with Crippen LogP contribution in [0.15, 0.2) is 12.2 Å². The second-order valence-corrected chi connectivity index (χ2v) is 7.85. The van der Waals surface area contributed by atoms with Crippen LogP contribution in [0.5, 0.6) is 0 Å². The summed E-state index contributed by atoms with van der Waals surface area (Å²) in [6, 6.07) is 0. The molecule has 26 heavy (non-hydrogen) atoms. The lowest BCUT2D eigenvalue weighted by molar-refractivity contribution is -0.122. The van der Waals surface area contributed by atoms with E-state index in [2.05, 4.69) is 38.2 Å². The second kappa shape index (κ2) is 20.5. The smallest absolute Gasteiger partial charge is 0.220 e. The molecule has 0 rings (SSSR count). The van der Waals surface area contributed by atoms with Gasteiger partial charge in [-0.2, -0.15) is 0 Å². The van der Waals surface area contributed by atoms with Gasteiger partial charge in [-0.15, -0.1) is 0 Å². The van der Waals surface area contributed by atoms with Gasteiger partial charge in [-0.3, -0.25) is 4.79 Å². The SMILES string of the molecule is CCCCCCCCCCC=CCCNC(=O)CC(CC)CCCCC. The topological polar surface area (TPSA) is 29.1 Å². The molecule has 0 aromatic heterocycles. The number of hydrogen-bond acceptors (Lipinski definition) is 1. The van der Waals surface area contributed by atoms with Crippen LogP contribution in [0.2, 0.25) is 0 Å². The van der Waals surface area contributed by atoms with Crippen LogP contribution in [0, 0.1) is 5.92 Å². The van der Waals surface area contributed by atoms with Gasteiger partial charge in [0.1, 0.15) is 0 Å². The third-order valence-corrected chi connectivity index (χ3v) is 5.29. The fraction of sp³-hybridized carbons (Fsp3) is 0.875. The molecule has 0 aromatic carbocycles. The monoisotopic (exact) mass is 365 g/mol. The lowest BCUT2D eigenvalue weighted by Crippen LogP contribution is -2.26. The van der Waals surface area contributed by atoms with Crippen molar-refractivity contribution in [3.05, 3.63) is 12.2 Å². The molecule has 0 bridgehead atoms. The number of carbonyl (C=O) groups is 1. The summed E-state index contributed by atoms with van der Waals surface area (Å²) in [5, 5.41) is 3.08. The molecule has 2 heteroatoms. The Morgan fingerprint density at radius 3 is 2.00 bits per heavy atom. The molecule has 0 aliphatic rings. The highest BCUT2D eigenvalue weighted by atomic mass is 16.1. The van der Waals surface area contributed by atoms with Crippen molar-refractivity contribution >= 4 is 5.91 Å². The van der Waals surface area contributed by atoms with Gasteiger partial charge >= 0.3 is 0 Å². The third-order valence-electron chi connectivity index (χ3n) is 5.29. The van der Waals surface area contributed by atoms with Gasteiger partial charge in [-0.05, 0) is 31.6 Å². The summed E-state index contributed by atoms with van der Waals surface area (Å²) in [5.41, 5.74) is 0. The Bertz CT molecular complexity index is 324. The highest BCUT2D eigenvalue weighted by molar-refractivity contribution is 5.76. The van der Waals surface area contributed by atoms with E-state index in [1.165, 1.54) is 83.5 Å². The van der Waals surface area contributed by atoms with Crippen molar-refractivity contribution in [2.75, 3.05) is 6.54 Å². The lowest BCUT2D eigenvalue weighted by atomic mass is 9.95. The molecule has 2 nitrogen and oxygen atoms in total. The molecule has 0 aromatic rings. The second-order valence-electron chi connectivity index (χ2n) is 7.85. The van der Waals surface area contributed by atoms with Crippen molar-refractivity contribution in [2.24, 2.45) is 5.92 Å². The fourth-order valence-electron chi connectivity index (χ4n) is 3.39. The minimum atomic E-state index is 0.241. The maximum atomic E-state index is 12.0. The van der Waals surface area contributed by atoms with E-state index in [0.29, 0.717) is 12.3 Å². The summed E-state index contributed by atoms with van der Waals surface area (Å²) in [7, 11) is 0. The zero-order valence-corrected chi connectivity index (χ0v) is 18.2. The summed E-state index contributed by atoms with van der Waals surface area (Å²) in [4.78, 5) is 12.0. The van der Waals surface area contributed by atoms with E-state index in [0.717, 1.165) is 19.4 Å². The number of unbranched alkanes of at least 4 members (excludes halogenated alkanes) is 10. The van der Waals surface area contributed by atoms with Gasteiger partial charge in [0.05, 0.1) is 0 Å². The maximum absolute atomic E-state index is 12.0. The molecule has 1 N–H and O–H groups in total. The Morgan fingerprint density at radius 1 is 0.769 bits per heavy atom. The summed E-state index contributed by atoms with van der Waals surface area (Å²) in [6.07, 6.45) is 24.6. The molecule has 0 spiro atoms. The Kier molecular flexibility index (Phi) is 19.9. The molecule has 0 aliphatic heterocycles. The molecule has 0 saturated heterocycles. The van der Waals surface area contributed by atoms with Gasteiger partial charge in [-0.25, -0.2) is 0 Å². The third kappa shape index (κ3) is 18.0. The summed E-state index contributed by atoms with van der Waals surface area (Å²) in [6.45, 7) is 7.50. The number of rotatable bonds is 19. The molecule has 0 radical (unpaired) electrons. The number of carbonyl (C=O) groups excluding carboxylic acids is 1. The van der Waals surface area contributed by atoms with Gasteiger partial charge in [0.15, 0.2) is 0 Å². The van der Waals surface area contributed by atoms with E-state index >= 15 is 0 Å². The molecule has 0 fully saturated rings. The van der Waals surface area contributed by atoms with E-state index in [4.69, 9.17) is 0 Å². The molecular formula is C24H47NO. The first-order valence-electron chi connectivity index (χ1n) is 11.7. The predicted octanol–water partition coefficient (Wildman–Crippen LogP) is 7.58. The zero-order chi connectivity index (χ0) is 19.3. The Hall–Kier alpha value is -0.790. The molecule has 154 valence electrons. The number of allylic oxidation sites excluding steroid dienone is 1. The van der Waals surface area contributed by atoms with Crippen LogP contribution in [0.4, 0.5) is 0 Å². The fourth-order valence-corrected chi connectivity index (χ4v) is 3.39. The van der Waals surface area contributed by atoms with Gasteiger partial charge in [0, 0.05) is 13.0 Å². The average Bonchev–Trinajstić information content (AvgIpc) is 2.64. The Labute approximate surface area is 164 Å². The molecule has 1 unspecified atom stereocenters. The van der Waals surface area contributed by atoms with Crippen LogP contribution in [0.3, 0.4) is 0 Å². The first-order chi connectivity index (χ1) is 12.7. The van der Waals surface area contributed by atoms with Crippen molar-refractivity contribution < 1.29 is 4.79 Å². The van der Waals surface area contributed by atoms with Crippen LogP contribution in [0.25, 0.3) is 0 Å². The van der Waals surface area contributed by atoms with Crippen molar-refractivity contribution in [3.63, 3.8) is 0 Å². The van der Waals surface area contributed by atoms with Crippen LogP contribution in [-0.2, 0) is 4.79 Å². The first kappa shape index (κ1) is 25.2. The Balaban J connectivity index is 3.46. The van der Waals surface area contributed by atoms with E-state index in [1.54, 1.807) is 0 Å². The maximum Gasteiger partial charge on any atom is 0.220 e. The van der Waals surface area contributed by atoms with Crippen molar-refractivity contribution in [3.8, 4) is 0 Å². The molecule has 0 aliphatic carbocycles. The molecular weight excluding hydrogens is 318 g/mol. The van der Waals surface area contributed by atoms with Gasteiger partial charge < -0.3 is 5.32 Å². The molecule has 0 saturated carbocycles. The molecule has 1 amide bonds. The number of amides is 1. The average molecular weight is 366 g/mol. The highest BCUT2D eigenvalue weighted by Gasteiger charge is 2.11. The van der Waals surface area contributed by atoms with Gasteiger partial charge in [-0.1, -0.05) is 104 Å². The zero-order valence-electron chi connectivity index (χ0n) is 18.2. The largest absolute Gasteiger partial charge is 0.356 e. The first-order valence-corrected chi connectivity index (χ1v) is 11.7. The van der Waals surface area contributed by atoms with E-state index in [-0.39, 0.29) is 5.91 Å². The summed E-state index contributed by atoms with van der Waals surface area (Å²) in [5.74, 6) is 0.809. The van der Waals surface area contributed by atoms with Crippen molar-refractivity contribution in [1.82, 2.24) is 5.32 Å². The Morgan fingerprint density at radius 2 is 1.35 bits per heavy atom. The highest BCUT2D eigenvalue weighted by Crippen LogP contribution is 2.17. The summed E-state index contributed by atoms with van der Waals surface area (Å²) >= 11 is 0. The van der Waals surface area contributed by atoms with Crippen LogP contribution < -0.4 is 5.32 Å². The normalized spacial score (nSPS) is 12.6. The summed E-state index contributed by atoms with van der Waals surface area (Å²) < 4.78 is 0. The van der Waals surface area contributed by atoms with E-state index < -0.39 is 0 Å². The lowest BCUT2D eigenvalue weighted by Gasteiger charge is -2.14. The van der Waals surface area contributed by atoms with Crippen LogP contribution in [0.1, 0.15) is 124 Å². The van der Waals surface area contributed by atoms with Crippen LogP contribution in [-0.4, -0.2) is 12.5 Å². The molecule has 0 heterocycles.